The van der Waals surface area contributed by atoms with E-state index in [2.05, 4.69) is 15.0 Å². The molecule has 0 saturated carbocycles. The minimum atomic E-state index is -4.42. The summed E-state index contributed by atoms with van der Waals surface area (Å²) in [4.78, 5) is 26.4. The van der Waals surface area contributed by atoms with E-state index in [1.54, 1.807) is 22.8 Å². The molecule has 1 aliphatic rings. The lowest BCUT2D eigenvalue weighted by Gasteiger charge is -2.27. The van der Waals surface area contributed by atoms with Gasteiger partial charge in [-0.1, -0.05) is 6.07 Å². The van der Waals surface area contributed by atoms with Crippen molar-refractivity contribution >= 4 is 16.9 Å². The van der Waals surface area contributed by atoms with Gasteiger partial charge in [0.15, 0.2) is 11.5 Å². The van der Waals surface area contributed by atoms with Crippen LogP contribution in [0.1, 0.15) is 17.0 Å². The molecule has 176 valence electrons. The molecule has 0 atom stereocenters. The van der Waals surface area contributed by atoms with E-state index in [1.165, 1.54) is 26.6 Å². The number of nitrogens with zero attached hydrogens (tertiary/aromatic N) is 4. The van der Waals surface area contributed by atoms with E-state index < -0.39 is 11.7 Å². The molecule has 4 aromatic rings. The molecule has 1 aliphatic heterocycles. The number of rotatable bonds is 4. The Morgan fingerprint density at radius 2 is 1.85 bits per heavy atom. The molecule has 0 bridgehead atoms. The van der Waals surface area contributed by atoms with Crippen LogP contribution in [0.3, 0.4) is 0 Å². The van der Waals surface area contributed by atoms with Crippen LogP contribution in [0.15, 0.2) is 47.5 Å². The van der Waals surface area contributed by atoms with Crippen LogP contribution in [0.4, 0.5) is 19.1 Å². The highest BCUT2D eigenvalue weighted by Gasteiger charge is 2.31. The lowest BCUT2D eigenvalue weighted by atomic mass is 10.1. The molecule has 11 heteroatoms. The van der Waals surface area contributed by atoms with Gasteiger partial charge in [-0.25, -0.2) is 9.97 Å². The van der Waals surface area contributed by atoms with Crippen molar-refractivity contribution in [3.8, 4) is 17.2 Å². The molecule has 0 amide bonds. The first-order chi connectivity index (χ1) is 16.3. The summed E-state index contributed by atoms with van der Waals surface area (Å²) in [6.07, 6.45) is -2.38. The van der Waals surface area contributed by atoms with Crippen LogP contribution in [0.25, 0.3) is 16.6 Å². The fourth-order valence-corrected chi connectivity index (χ4v) is 4.15. The zero-order valence-electron chi connectivity index (χ0n) is 18.3. The van der Waals surface area contributed by atoms with Gasteiger partial charge in [0, 0.05) is 30.4 Å². The van der Waals surface area contributed by atoms with E-state index in [9.17, 15) is 18.0 Å². The number of hydrogen-bond donors (Lipinski definition) is 1. The van der Waals surface area contributed by atoms with E-state index in [1.807, 2.05) is 4.90 Å². The quantitative estimate of drug-likeness (QED) is 0.489. The second kappa shape index (κ2) is 8.08. The maximum Gasteiger partial charge on any atom is 0.416 e. The highest BCUT2D eigenvalue weighted by molar-refractivity contribution is 5.82. The van der Waals surface area contributed by atoms with Gasteiger partial charge in [0.1, 0.15) is 0 Å². The van der Waals surface area contributed by atoms with Crippen LogP contribution < -0.4 is 19.9 Å². The van der Waals surface area contributed by atoms with Crippen LogP contribution in [0, 0.1) is 0 Å². The van der Waals surface area contributed by atoms with Crippen molar-refractivity contribution in [2.45, 2.75) is 19.1 Å². The third-order valence-electron chi connectivity index (χ3n) is 5.86. The molecular weight excluding hydrogens is 451 g/mol. The number of alkyl halides is 3. The first-order valence-corrected chi connectivity index (χ1v) is 10.4. The summed E-state index contributed by atoms with van der Waals surface area (Å²) in [5, 5.41) is 0.368. The largest absolute Gasteiger partial charge is 0.493 e. The normalized spacial score (nSPS) is 13.7. The summed E-state index contributed by atoms with van der Waals surface area (Å²) in [6, 6.07) is 8.37. The number of nitrogens with one attached hydrogen (secondary N) is 1. The van der Waals surface area contributed by atoms with Gasteiger partial charge in [0.2, 0.25) is 5.95 Å². The number of aromatic nitrogens is 4. The Balaban J connectivity index is 1.47. The van der Waals surface area contributed by atoms with Crippen molar-refractivity contribution in [3.05, 3.63) is 70.0 Å². The number of aromatic amines is 1. The van der Waals surface area contributed by atoms with Gasteiger partial charge in [0.05, 0.1) is 49.3 Å². The second-order valence-corrected chi connectivity index (χ2v) is 7.84. The molecule has 5 rings (SSSR count). The molecule has 2 aromatic heterocycles. The average Bonchev–Trinajstić information content (AvgIpc) is 3.26. The summed E-state index contributed by atoms with van der Waals surface area (Å²) >= 11 is 0. The highest BCUT2D eigenvalue weighted by atomic mass is 19.4. The molecule has 0 aliphatic carbocycles. The standard InChI is InChI=1S/C23H20F3N5O3/c1-33-19-9-15-16(10-20(19)34-2)28-22(29-21(15)32)30-7-6-18-17(11-30)27-12-31(18)14-5-3-4-13(8-14)23(24,25)26/h3-5,8-10,12H,6-7,11H2,1-2H3,(H,28,29,32). The molecule has 2 aromatic carbocycles. The Bertz CT molecular complexity index is 1440. The van der Waals surface area contributed by atoms with Gasteiger partial charge in [-0.2, -0.15) is 13.2 Å². The van der Waals surface area contributed by atoms with Crippen LogP contribution in [-0.2, 0) is 19.1 Å². The Kier molecular flexibility index (Phi) is 5.18. The highest BCUT2D eigenvalue weighted by Crippen LogP contribution is 2.33. The summed E-state index contributed by atoms with van der Waals surface area (Å²) in [7, 11) is 2.99. The second-order valence-electron chi connectivity index (χ2n) is 7.84. The maximum atomic E-state index is 13.1. The number of H-pyrrole nitrogens is 1. The number of anilines is 1. The molecule has 0 unspecified atom stereocenters. The third-order valence-corrected chi connectivity index (χ3v) is 5.86. The summed E-state index contributed by atoms with van der Waals surface area (Å²) < 4.78 is 51.7. The van der Waals surface area contributed by atoms with Crippen LogP contribution in [-0.4, -0.2) is 40.3 Å². The first-order valence-electron chi connectivity index (χ1n) is 10.4. The van der Waals surface area contributed by atoms with Crippen molar-refractivity contribution < 1.29 is 22.6 Å². The smallest absolute Gasteiger partial charge is 0.416 e. The molecule has 1 N–H and O–H groups in total. The zero-order valence-corrected chi connectivity index (χ0v) is 18.3. The monoisotopic (exact) mass is 471 g/mol. The third kappa shape index (κ3) is 3.72. The Morgan fingerprint density at radius 3 is 2.59 bits per heavy atom. The average molecular weight is 471 g/mol. The lowest BCUT2D eigenvalue weighted by molar-refractivity contribution is -0.137. The van der Waals surface area contributed by atoms with Gasteiger partial charge in [0.25, 0.3) is 5.56 Å². The van der Waals surface area contributed by atoms with Gasteiger partial charge in [-0.3, -0.25) is 9.78 Å². The first kappa shape index (κ1) is 21.8. The van der Waals surface area contributed by atoms with E-state index in [4.69, 9.17) is 9.47 Å². The minimum absolute atomic E-state index is 0.318. The number of ether oxygens (including phenoxy) is 2. The number of hydrogen-bond acceptors (Lipinski definition) is 6. The molecular formula is C23H20F3N5O3. The van der Waals surface area contributed by atoms with Crippen molar-refractivity contribution in [1.29, 1.82) is 0 Å². The van der Waals surface area contributed by atoms with Crippen molar-refractivity contribution in [3.63, 3.8) is 0 Å². The van der Waals surface area contributed by atoms with Crippen LogP contribution in [0.5, 0.6) is 11.5 Å². The van der Waals surface area contributed by atoms with Crippen LogP contribution >= 0.6 is 0 Å². The molecule has 0 saturated heterocycles. The van der Waals surface area contributed by atoms with Crippen molar-refractivity contribution in [2.24, 2.45) is 0 Å². The number of fused-ring (bicyclic) bond motifs is 2. The zero-order chi connectivity index (χ0) is 24.0. The van der Waals surface area contributed by atoms with E-state index >= 15 is 0 Å². The summed E-state index contributed by atoms with van der Waals surface area (Å²) in [5.41, 5.74) is 1.35. The van der Waals surface area contributed by atoms with E-state index in [0.29, 0.717) is 59.2 Å². The maximum absolute atomic E-state index is 13.1. The predicted molar refractivity (Wildman–Crippen MR) is 119 cm³/mol. The summed E-state index contributed by atoms with van der Waals surface area (Å²) in [6.45, 7) is 0.850. The van der Waals surface area contributed by atoms with Crippen molar-refractivity contribution in [1.82, 2.24) is 19.5 Å². The fourth-order valence-electron chi connectivity index (χ4n) is 4.15. The Labute approximate surface area is 191 Å². The fraction of sp³-hybridized carbons (Fsp3) is 0.261. The number of methoxy groups -OCH3 is 2. The molecule has 0 fully saturated rings. The molecule has 0 spiro atoms. The molecule has 8 nitrogen and oxygen atoms in total. The van der Waals surface area contributed by atoms with Gasteiger partial charge >= 0.3 is 6.18 Å². The summed E-state index contributed by atoms with van der Waals surface area (Å²) in [5.74, 6) is 1.27. The molecule has 34 heavy (non-hydrogen) atoms. The Morgan fingerprint density at radius 1 is 1.09 bits per heavy atom. The van der Waals surface area contributed by atoms with Gasteiger partial charge in [-0.05, 0) is 24.3 Å². The Hall–Kier alpha value is -4.02. The molecule has 3 heterocycles. The number of benzene rings is 2. The molecule has 0 radical (unpaired) electrons. The van der Waals surface area contributed by atoms with Gasteiger partial charge < -0.3 is 18.9 Å². The SMILES string of the molecule is COc1cc2nc(N3CCc4c(ncn4-c4cccc(C(F)(F)F)c4)C3)[nH]c(=O)c2cc1OC. The van der Waals surface area contributed by atoms with E-state index in [0.717, 1.165) is 17.8 Å². The number of halogens is 3. The van der Waals surface area contributed by atoms with Crippen molar-refractivity contribution in [2.75, 3.05) is 25.7 Å². The van der Waals surface area contributed by atoms with E-state index in [-0.39, 0.29) is 5.56 Å². The van der Waals surface area contributed by atoms with Gasteiger partial charge in [-0.15, -0.1) is 0 Å². The topological polar surface area (TPSA) is 85.3 Å². The van der Waals surface area contributed by atoms with Crippen LogP contribution in [0.2, 0.25) is 0 Å². The lowest BCUT2D eigenvalue weighted by Crippen LogP contribution is -2.33. The minimum Gasteiger partial charge on any atom is -0.493 e. The number of imidazole rings is 1. The predicted octanol–water partition coefficient (Wildman–Crippen LogP) is 3.71.